The average molecular weight is 337 g/mol. The molecule has 1 N–H and O–H groups in total. The first-order chi connectivity index (χ1) is 10.00. The molecule has 0 heterocycles. The molecule has 1 unspecified atom stereocenters. The highest BCUT2D eigenvalue weighted by molar-refractivity contribution is 7.90. The average Bonchev–Trinajstić information content (AvgIpc) is 3.17. The highest BCUT2D eigenvalue weighted by Crippen LogP contribution is 2.43. The van der Waals surface area contributed by atoms with Gasteiger partial charge in [-0.25, -0.2) is 4.39 Å². The summed E-state index contributed by atoms with van der Waals surface area (Å²) in [4.78, 5) is 0. The SMILES string of the molecule is CC(C)(C)[S@+]([O-])NC(c1ccc(C(F)(F)F)cc1F)C1CC1. The van der Waals surface area contributed by atoms with E-state index in [-0.39, 0.29) is 11.5 Å². The molecular formula is C15H19F4NOS. The number of benzene rings is 1. The maximum absolute atomic E-state index is 14.1. The van der Waals surface area contributed by atoms with Crippen molar-refractivity contribution in [3.05, 3.63) is 35.1 Å². The zero-order chi connectivity index (χ0) is 16.7. The van der Waals surface area contributed by atoms with E-state index in [1.807, 2.05) is 0 Å². The Morgan fingerprint density at radius 1 is 1.23 bits per heavy atom. The minimum atomic E-state index is -4.57. The van der Waals surface area contributed by atoms with Gasteiger partial charge in [-0.1, -0.05) is 6.07 Å². The van der Waals surface area contributed by atoms with Crippen molar-refractivity contribution in [2.75, 3.05) is 0 Å². The van der Waals surface area contributed by atoms with E-state index >= 15 is 0 Å². The molecule has 2 rings (SSSR count). The lowest BCUT2D eigenvalue weighted by atomic mass is 10.0. The molecule has 2 nitrogen and oxygen atoms in total. The fourth-order valence-electron chi connectivity index (χ4n) is 2.09. The third kappa shape index (κ3) is 4.14. The molecule has 1 aromatic carbocycles. The predicted molar refractivity (Wildman–Crippen MR) is 77.9 cm³/mol. The highest BCUT2D eigenvalue weighted by Gasteiger charge is 2.40. The van der Waals surface area contributed by atoms with E-state index in [0.717, 1.165) is 25.0 Å². The van der Waals surface area contributed by atoms with Crippen molar-refractivity contribution in [3.63, 3.8) is 0 Å². The maximum Gasteiger partial charge on any atom is 0.416 e. The molecule has 1 aliphatic rings. The Bertz CT molecular complexity index is 537. The summed E-state index contributed by atoms with van der Waals surface area (Å²) < 4.78 is 66.5. The minimum absolute atomic E-state index is 0.109. The Balaban J connectivity index is 2.26. The molecule has 0 bridgehead atoms. The second-order valence-electron chi connectivity index (χ2n) is 6.55. The van der Waals surface area contributed by atoms with Crippen LogP contribution in [0.1, 0.15) is 50.8 Å². The normalized spacial score (nSPS) is 19.1. The van der Waals surface area contributed by atoms with E-state index in [1.165, 1.54) is 0 Å². The molecule has 1 fully saturated rings. The fourth-order valence-corrected chi connectivity index (χ4v) is 2.99. The van der Waals surface area contributed by atoms with Crippen molar-refractivity contribution < 1.29 is 22.1 Å². The Labute approximate surface area is 130 Å². The molecule has 0 amide bonds. The van der Waals surface area contributed by atoms with Crippen LogP contribution in [0.2, 0.25) is 0 Å². The van der Waals surface area contributed by atoms with Crippen molar-refractivity contribution in [2.24, 2.45) is 5.92 Å². The second-order valence-corrected chi connectivity index (χ2v) is 8.55. The summed E-state index contributed by atoms with van der Waals surface area (Å²) in [6.45, 7) is 5.34. The third-order valence-corrected chi connectivity index (χ3v) is 5.13. The molecule has 1 aromatic rings. The monoisotopic (exact) mass is 337 g/mol. The van der Waals surface area contributed by atoms with Gasteiger partial charge in [-0.15, -0.1) is 4.72 Å². The summed E-state index contributed by atoms with van der Waals surface area (Å²) in [5.41, 5.74) is -0.867. The Kier molecular flexibility index (Phi) is 4.80. The first-order valence-corrected chi connectivity index (χ1v) is 8.20. The molecule has 0 aromatic heterocycles. The zero-order valence-electron chi connectivity index (χ0n) is 12.6. The van der Waals surface area contributed by atoms with Crippen molar-refractivity contribution in [2.45, 2.75) is 50.6 Å². The van der Waals surface area contributed by atoms with Gasteiger partial charge < -0.3 is 4.55 Å². The fraction of sp³-hybridized carbons (Fsp3) is 0.600. The van der Waals surface area contributed by atoms with Crippen molar-refractivity contribution in [1.29, 1.82) is 0 Å². The molecular weight excluding hydrogens is 318 g/mol. The van der Waals surface area contributed by atoms with Crippen LogP contribution in [-0.2, 0) is 17.5 Å². The van der Waals surface area contributed by atoms with Crippen molar-refractivity contribution in [1.82, 2.24) is 4.72 Å². The van der Waals surface area contributed by atoms with E-state index in [4.69, 9.17) is 0 Å². The van der Waals surface area contributed by atoms with Gasteiger partial charge in [0.15, 0.2) is 0 Å². The smallest absolute Gasteiger partial charge is 0.416 e. The Hall–Kier alpha value is -0.790. The molecule has 22 heavy (non-hydrogen) atoms. The number of rotatable bonds is 4. The van der Waals surface area contributed by atoms with E-state index in [2.05, 4.69) is 4.72 Å². The van der Waals surface area contributed by atoms with Crippen molar-refractivity contribution >= 4 is 11.4 Å². The first kappa shape index (κ1) is 17.6. The van der Waals surface area contributed by atoms with Crippen molar-refractivity contribution in [3.8, 4) is 0 Å². The third-order valence-electron chi connectivity index (χ3n) is 3.55. The largest absolute Gasteiger partial charge is 0.598 e. The molecule has 1 saturated carbocycles. The number of hydrogen-bond acceptors (Lipinski definition) is 2. The minimum Gasteiger partial charge on any atom is -0.598 e. The van der Waals surface area contributed by atoms with Gasteiger partial charge in [0.2, 0.25) is 0 Å². The lowest BCUT2D eigenvalue weighted by Gasteiger charge is -2.28. The molecule has 0 spiro atoms. The standard InChI is InChI=1S/C15H19F4NOS/c1-14(2,3)22(21)20-13(9-4-5-9)11-7-6-10(8-12(11)16)15(17,18)19/h6-9,13,20H,4-5H2,1-3H3/t13?,22-/m0/s1. The molecule has 2 atom stereocenters. The lowest BCUT2D eigenvalue weighted by molar-refractivity contribution is -0.137. The predicted octanol–water partition coefficient (Wildman–Crippen LogP) is 4.35. The summed E-state index contributed by atoms with van der Waals surface area (Å²) in [5, 5.41) is 0. The van der Waals surface area contributed by atoms with Crippen LogP contribution in [-0.4, -0.2) is 9.30 Å². The van der Waals surface area contributed by atoms with Crippen LogP contribution in [0.15, 0.2) is 18.2 Å². The quantitative estimate of drug-likeness (QED) is 0.655. The number of nitrogens with one attached hydrogen (secondary N) is 1. The van der Waals surface area contributed by atoms with Gasteiger partial charge in [-0.05, 0) is 51.7 Å². The van der Waals surface area contributed by atoms with Gasteiger partial charge in [-0.2, -0.15) is 13.2 Å². The number of halogens is 4. The summed E-state index contributed by atoms with van der Waals surface area (Å²) in [6, 6.07) is 2.00. The maximum atomic E-state index is 14.1. The molecule has 1 aliphatic carbocycles. The molecule has 0 aliphatic heterocycles. The van der Waals surface area contributed by atoms with E-state index < -0.39 is 39.7 Å². The number of hydrogen-bond donors (Lipinski definition) is 1. The van der Waals surface area contributed by atoms with Crippen LogP contribution in [0.25, 0.3) is 0 Å². The van der Waals surface area contributed by atoms with Gasteiger partial charge >= 0.3 is 6.18 Å². The van der Waals surface area contributed by atoms with Crippen LogP contribution in [0, 0.1) is 11.7 Å². The summed E-state index contributed by atoms with van der Waals surface area (Å²) in [6.07, 6.45) is -2.88. The summed E-state index contributed by atoms with van der Waals surface area (Å²) >= 11 is -1.42. The second kappa shape index (κ2) is 6.02. The topological polar surface area (TPSA) is 35.1 Å². The van der Waals surface area contributed by atoms with E-state index in [0.29, 0.717) is 6.07 Å². The van der Waals surface area contributed by atoms with Gasteiger partial charge in [0, 0.05) is 16.9 Å². The van der Waals surface area contributed by atoms with Gasteiger partial charge in [0.05, 0.1) is 11.6 Å². The lowest BCUT2D eigenvalue weighted by Crippen LogP contribution is -2.42. The van der Waals surface area contributed by atoms with Crippen LogP contribution in [0.3, 0.4) is 0 Å². The number of alkyl halides is 3. The van der Waals surface area contributed by atoms with Gasteiger partial charge in [-0.3, -0.25) is 0 Å². The zero-order valence-corrected chi connectivity index (χ0v) is 13.4. The first-order valence-electron chi connectivity index (χ1n) is 7.05. The van der Waals surface area contributed by atoms with E-state index in [9.17, 15) is 22.1 Å². The van der Waals surface area contributed by atoms with E-state index in [1.54, 1.807) is 20.8 Å². The molecule has 0 radical (unpaired) electrons. The van der Waals surface area contributed by atoms with Crippen LogP contribution >= 0.6 is 0 Å². The summed E-state index contributed by atoms with van der Waals surface area (Å²) in [7, 11) is 0. The highest BCUT2D eigenvalue weighted by atomic mass is 32.2. The van der Waals surface area contributed by atoms with Gasteiger partial charge in [0.25, 0.3) is 0 Å². The van der Waals surface area contributed by atoms with Crippen LogP contribution < -0.4 is 4.72 Å². The Morgan fingerprint density at radius 2 is 1.82 bits per heavy atom. The molecule has 0 saturated heterocycles. The Morgan fingerprint density at radius 3 is 2.23 bits per heavy atom. The van der Waals surface area contributed by atoms with Crippen LogP contribution in [0.4, 0.5) is 17.6 Å². The van der Waals surface area contributed by atoms with Crippen LogP contribution in [0.5, 0.6) is 0 Å². The van der Waals surface area contributed by atoms with Gasteiger partial charge in [0.1, 0.15) is 10.6 Å². The molecule has 124 valence electrons. The molecule has 7 heteroatoms. The summed E-state index contributed by atoms with van der Waals surface area (Å²) in [5.74, 6) is -0.803.